The summed E-state index contributed by atoms with van der Waals surface area (Å²) in [5, 5.41) is 17.0. The molecule has 2 aromatic heterocycles. The van der Waals surface area contributed by atoms with E-state index >= 15 is 0 Å². The fraction of sp³-hybridized carbons (Fsp3) is 0.455. The van der Waals surface area contributed by atoms with Gasteiger partial charge < -0.3 is 5.11 Å². The molecule has 0 aliphatic carbocycles. The molecule has 0 amide bonds. The first-order valence-electron chi connectivity index (χ1n) is 5.71. The number of hydrogen-bond donors (Lipinski definition) is 1. The number of carboxylic acids is 1. The highest BCUT2D eigenvalue weighted by atomic mass is 16.4. The highest BCUT2D eigenvalue weighted by molar-refractivity contribution is 5.66. The Morgan fingerprint density at radius 1 is 1.44 bits per heavy atom. The summed E-state index contributed by atoms with van der Waals surface area (Å²) < 4.78 is 2.72. The van der Waals surface area contributed by atoms with Gasteiger partial charge >= 0.3 is 5.97 Å². The van der Waals surface area contributed by atoms with Crippen LogP contribution >= 0.6 is 0 Å². The number of aryl methyl sites for hydroxylation is 3. The standard InChI is InChI=1S/C11H14N4O3/c1-3-9-13-14(5-4-10(16)17)11(18)8-6-7(2)12-15(8)9/h6H,3-5H2,1-2H3,(H,16,17). The summed E-state index contributed by atoms with van der Waals surface area (Å²) in [6.45, 7) is 3.78. The number of aromatic nitrogens is 4. The summed E-state index contributed by atoms with van der Waals surface area (Å²) in [6.07, 6.45) is 0.490. The van der Waals surface area contributed by atoms with Gasteiger partial charge in [-0.2, -0.15) is 10.2 Å². The number of hydrogen-bond acceptors (Lipinski definition) is 4. The van der Waals surface area contributed by atoms with Crippen molar-refractivity contribution in [3.63, 3.8) is 0 Å². The molecule has 0 fully saturated rings. The van der Waals surface area contributed by atoms with E-state index in [4.69, 9.17) is 5.11 Å². The summed E-state index contributed by atoms with van der Waals surface area (Å²) in [6, 6.07) is 1.68. The van der Waals surface area contributed by atoms with Gasteiger partial charge in [-0.3, -0.25) is 9.59 Å². The van der Waals surface area contributed by atoms with Crippen molar-refractivity contribution in [2.75, 3.05) is 0 Å². The lowest BCUT2D eigenvalue weighted by Gasteiger charge is -2.06. The Morgan fingerprint density at radius 3 is 2.78 bits per heavy atom. The molecule has 7 nitrogen and oxygen atoms in total. The molecular weight excluding hydrogens is 236 g/mol. The minimum absolute atomic E-state index is 0.0713. The molecule has 2 rings (SSSR count). The zero-order valence-corrected chi connectivity index (χ0v) is 10.3. The maximum Gasteiger partial charge on any atom is 0.305 e. The van der Waals surface area contributed by atoms with Crippen molar-refractivity contribution in [3.8, 4) is 0 Å². The van der Waals surface area contributed by atoms with Crippen LogP contribution in [0.15, 0.2) is 10.9 Å². The lowest BCUT2D eigenvalue weighted by Crippen LogP contribution is -2.28. The number of carbonyl (C=O) groups is 1. The van der Waals surface area contributed by atoms with Gasteiger partial charge in [-0.05, 0) is 13.0 Å². The molecule has 0 aliphatic rings. The number of aliphatic carboxylic acids is 1. The predicted molar refractivity (Wildman–Crippen MR) is 63.6 cm³/mol. The van der Waals surface area contributed by atoms with Gasteiger partial charge in [0.25, 0.3) is 5.56 Å². The van der Waals surface area contributed by atoms with E-state index < -0.39 is 5.97 Å². The van der Waals surface area contributed by atoms with Gasteiger partial charge in [-0.15, -0.1) is 0 Å². The third kappa shape index (κ3) is 2.11. The molecular formula is C11H14N4O3. The number of carboxylic acid groups (broad SMARTS) is 1. The summed E-state index contributed by atoms with van der Waals surface area (Å²) in [4.78, 5) is 22.6. The molecule has 0 radical (unpaired) electrons. The smallest absolute Gasteiger partial charge is 0.305 e. The van der Waals surface area contributed by atoms with Gasteiger partial charge in [0, 0.05) is 6.42 Å². The Morgan fingerprint density at radius 2 is 2.17 bits per heavy atom. The first-order chi connectivity index (χ1) is 8.52. The summed E-state index contributed by atoms with van der Waals surface area (Å²) in [7, 11) is 0. The molecule has 0 aromatic carbocycles. The van der Waals surface area contributed by atoms with Gasteiger partial charge in [-0.25, -0.2) is 9.20 Å². The molecule has 18 heavy (non-hydrogen) atoms. The molecule has 0 spiro atoms. The van der Waals surface area contributed by atoms with Gasteiger partial charge in [0.15, 0.2) is 5.82 Å². The average molecular weight is 250 g/mol. The Kier molecular flexibility index (Phi) is 3.14. The number of fused-ring (bicyclic) bond motifs is 1. The number of rotatable bonds is 4. The van der Waals surface area contributed by atoms with Crippen molar-refractivity contribution >= 4 is 11.5 Å². The van der Waals surface area contributed by atoms with Crippen molar-refractivity contribution in [1.29, 1.82) is 0 Å². The summed E-state index contributed by atoms with van der Waals surface area (Å²) in [5.74, 6) is -0.311. The van der Waals surface area contributed by atoms with Crippen molar-refractivity contribution in [2.45, 2.75) is 33.2 Å². The zero-order valence-electron chi connectivity index (χ0n) is 10.3. The molecule has 0 bridgehead atoms. The van der Waals surface area contributed by atoms with Crippen molar-refractivity contribution in [1.82, 2.24) is 19.4 Å². The quantitative estimate of drug-likeness (QED) is 0.839. The van der Waals surface area contributed by atoms with Crippen LogP contribution in [0.25, 0.3) is 5.52 Å². The second-order valence-corrected chi connectivity index (χ2v) is 4.02. The third-order valence-electron chi connectivity index (χ3n) is 2.62. The molecule has 96 valence electrons. The molecule has 0 saturated heterocycles. The molecule has 2 heterocycles. The number of nitrogens with zero attached hydrogens (tertiary/aromatic N) is 4. The van der Waals surface area contributed by atoms with Gasteiger partial charge in [0.05, 0.1) is 18.7 Å². The van der Waals surface area contributed by atoms with E-state index in [0.29, 0.717) is 17.8 Å². The van der Waals surface area contributed by atoms with Crippen LogP contribution in [0.3, 0.4) is 0 Å². The Balaban J connectivity index is 2.57. The van der Waals surface area contributed by atoms with Crippen LogP contribution in [-0.4, -0.2) is 30.5 Å². The maximum absolute atomic E-state index is 12.1. The Bertz CT molecular complexity index is 656. The predicted octanol–water partition coefficient (Wildman–Crippen LogP) is 0.237. The van der Waals surface area contributed by atoms with Crippen LogP contribution in [0.5, 0.6) is 0 Å². The molecule has 0 saturated carbocycles. The van der Waals surface area contributed by atoms with E-state index in [1.54, 1.807) is 13.0 Å². The molecule has 7 heteroatoms. The van der Waals surface area contributed by atoms with Crippen LogP contribution in [-0.2, 0) is 17.8 Å². The van der Waals surface area contributed by atoms with Crippen LogP contribution in [0.4, 0.5) is 0 Å². The van der Waals surface area contributed by atoms with E-state index in [9.17, 15) is 9.59 Å². The summed E-state index contributed by atoms with van der Waals surface area (Å²) >= 11 is 0. The average Bonchev–Trinajstić information content (AvgIpc) is 2.70. The lowest BCUT2D eigenvalue weighted by molar-refractivity contribution is -0.137. The van der Waals surface area contributed by atoms with E-state index in [1.165, 1.54) is 9.20 Å². The van der Waals surface area contributed by atoms with Gasteiger partial charge in [-0.1, -0.05) is 6.92 Å². The van der Waals surface area contributed by atoms with E-state index in [1.807, 2.05) is 6.92 Å². The molecule has 0 atom stereocenters. The lowest BCUT2D eigenvalue weighted by atomic mass is 10.4. The first-order valence-corrected chi connectivity index (χ1v) is 5.71. The fourth-order valence-electron chi connectivity index (χ4n) is 1.78. The second kappa shape index (κ2) is 4.59. The first kappa shape index (κ1) is 12.3. The van der Waals surface area contributed by atoms with Gasteiger partial charge in [0.2, 0.25) is 0 Å². The molecule has 0 aliphatic heterocycles. The highest BCUT2D eigenvalue weighted by Gasteiger charge is 2.12. The molecule has 1 N–H and O–H groups in total. The third-order valence-corrected chi connectivity index (χ3v) is 2.62. The SMILES string of the molecule is CCc1nn(CCC(=O)O)c(=O)c2cc(C)nn12. The topological polar surface area (TPSA) is 89.5 Å². The molecule has 2 aromatic rings. The minimum atomic E-state index is -0.952. The van der Waals surface area contributed by atoms with Crippen molar-refractivity contribution < 1.29 is 9.90 Å². The minimum Gasteiger partial charge on any atom is -0.481 e. The highest BCUT2D eigenvalue weighted by Crippen LogP contribution is 2.04. The van der Waals surface area contributed by atoms with E-state index in [0.717, 1.165) is 5.69 Å². The van der Waals surface area contributed by atoms with Crippen molar-refractivity contribution in [3.05, 3.63) is 27.9 Å². The largest absolute Gasteiger partial charge is 0.481 e. The van der Waals surface area contributed by atoms with Crippen molar-refractivity contribution in [2.24, 2.45) is 0 Å². The Labute approximate surface area is 103 Å². The van der Waals surface area contributed by atoms with Crippen LogP contribution in [0, 0.1) is 6.92 Å². The van der Waals surface area contributed by atoms with E-state index in [2.05, 4.69) is 10.2 Å². The van der Waals surface area contributed by atoms with Crippen LogP contribution in [0.1, 0.15) is 24.9 Å². The zero-order chi connectivity index (χ0) is 13.3. The van der Waals surface area contributed by atoms with Crippen LogP contribution < -0.4 is 5.56 Å². The maximum atomic E-state index is 12.1. The van der Waals surface area contributed by atoms with E-state index in [-0.39, 0.29) is 18.5 Å². The summed E-state index contributed by atoms with van der Waals surface area (Å²) in [5.41, 5.74) is 0.860. The fourth-order valence-corrected chi connectivity index (χ4v) is 1.78. The van der Waals surface area contributed by atoms with Crippen LogP contribution in [0.2, 0.25) is 0 Å². The normalized spacial score (nSPS) is 11.0. The second-order valence-electron chi connectivity index (χ2n) is 4.02. The molecule has 0 unspecified atom stereocenters. The Hall–Kier alpha value is -2.18. The van der Waals surface area contributed by atoms with Gasteiger partial charge in [0.1, 0.15) is 5.52 Å². The monoisotopic (exact) mass is 250 g/mol.